The summed E-state index contributed by atoms with van der Waals surface area (Å²) in [5.41, 5.74) is 0.736. The number of hydrogen-bond donors (Lipinski definition) is 1. The fourth-order valence-corrected chi connectivity index (χ4v) is 2.51. The summed E-state index contributed by atoms with van der Waals surface area (Å²) in [6.07, 6.45) is 1.96. The van der Waals surface area contributed by atoms with E-state index in [1.165, 1.54) is 12.1 Å². The number of benzene rings is 1. The molecule has 1 saturated heterocycles. The van der Waals surface area contributed by atoms with Gasteiger partial charge in [0, 0.05) is 18.7 Å². The van der Waals surface area contributed by atoms with E-state index in [-0.39, 0.29) is 17.5 Å². The third kappa shape index (κ3) is 3.17. The van der Waals surface area contributed by atoms with Gasteiger partial charge in [-0.05, 0) is 57.2 Å². The van der Waals surface area contributed by atoms with Crippen LogP contribution in [0.3, 0.4) is 0 Å². The number of hydrogen-bond acceptors (Lipinski definition) is 3. The molecular formula is C15H20N2O3. The highest BCUT2D eigenvalue weighted by Crippen LogP contribution is 2.17. The maximum atomic E-state index is 12.4. The summed E-state index contributed by atoms with van der Waals surface area (Å²) in [7, 11) is 3.91. The zero-order valence-electron chi connectivity index (χ0n) is 11.9. The Balaban J connectivity index is 2.04. The van der Waals surface area contributed by atoms with Crippen molar-refractivity contribution in [1.82, 2.24) is 9.80 Å². The Morgan fingerprint density at radius 1 is 1.15 bits per heavy atom. The minimum atomic E-state index is -0.979. The summed E-state index contributed by atoms with van der Waals surface area (Å²) >= 11 is 0. The molecule has 0 spiro atoms. The van der Waals surface area contributed by atoms with Crippen LogP contribution in [0.15, 0.2) is 24.3 Å². The quantitative estimate of drug-likeness (QED) is 0.910. The summed E-state index contributed by atoms with van der Waals surface area (Å²) in [5.74, 6) is -1.02. The van der Waals surface area contributed by atoms with Gasteiger partial charge in [-0.2, -0.15) is 0 Å². The van der Waals surface area contributed by atoms with E-state index >= 15 is 0 Å². The van der Waals surface area contributed by atoms with Crippen LogP contribution >= 0.6 is 0 Å². The van der Waals surface area contributed by atoms with Crippen molar-refractivity contribution >= 4 is 11.9 Å². The minimum Gasteiger partial charge on any atom is -0.478 e. The molecule has 108 valence electrons. The Morgan fingerprint density at radius 3 is 2.15 bits per heavy atom. The van der Waals surface area contributed by atoms with E-state index in [1.807, 2.05) is 7.05 Å². The van der Waals surface area contributed by atoms with E-state index < -0.39 is 5.97 Å². The summed E-state index contributed by atoms with van der Waals surface area (Å²) in [6.45, 7) is 2.00. The highest BCUT2D eigenvalue weighted by Gasteiger charge is 2.24. The van der Waals surface area contributed by atoms with Crippen molar-refractivity contribution < 1.29 is 14.7 Å². The van der Waals surface area contributed by atoms with Crippen molar-refractivity contribution in [3.8, 4) is 0 Å². The Morgan fingerprint density at radius 2 is 1.65 bits per heavy atom. The number of nitrogens with zero attached hydrogens (tertiary/aromatic N) is 2. The fraction of sp³-hybridized carbons (Fsp3) is 0.467. The number of carboxylic acid groups (broad SMARTS) is 1. The van der Waals surface area contributed by atoms with Gasteiger partial charge in [0.2, 0.25) is 0 Å². The SMILES string of the molecule is CN1CCC(N(C)C(=O)c2ccc(C(=O)O)cc2)CC1. The molecule has 5 heteroatoms. The number of rotatable bonds is 3. The molecule has 0 aromatic heterocycles. The molecule has 1 aromatic carbocycles. The average Bonchev–Trinajstić information content (AvgIpc) is 2.46. The van der Waals surface area contributed by atoms with Crippen molar-refractivity contribution in [2.75, 3.05) is 27.2 Å². The van der Waals surface area contributed by atoms with Crippen LogP contribution in [0.1, 0.15) is 33.6 Å². The van der Waals surface area contributed by atoms with Crippen molar-refractivity contribution in [2.45, 2.75) is 18.9 Å². The zero-order valence-corrected chi connectivity index (χ0v) is 11.9. The largest absolute Gasteiger partial charge is 0.478 e. The van der Waals surface area contributed by atoms with Crippen molar-refractivity contribution in [1.29, 1.82) is 0 Å². The maximum Gasteiger partial charge on any atom is 0.335 e. The predicted molar refractivity (Wildman–Crippen MR) is 76.0 cm³/mol. The summed E-state index contributed by atoms with van der Waals surface area (Å²) in [5, 5.41) is 8.85. The van der Waals surface area contributed by atoms with Crippen molar-refractivity contribution in [3.05, 3.63) is 35.4 Å². The number of amides is 1. The minimum absolute atomic E-state index is 0.0449. The number of likely N-dealkylation sites (tertiary alicyclic amines) is 1. The molecule has 1 N–H and O–H groups in total. The molecule has 2 rings (SSSR count). The van der Waals surface area contributed by atoms with E-state index in [2.05, 4.69) is 11.9 Å². The molecule has 0 unspecified atom stereocenters. The Kier molecular flexibility index (Phi) is 4.39. The van der Waals surface area contributed by atoms with Crippen LogP contribution in [0.4, 0.5) is 0 Å². The van der Waals surface area contributed by atoms with Crippen LogP contribution < -0.4 is 0 Å². The maximum absolute atomic E-state index is 12.4. The first-order valence-electron chi connectivity index (χ1n) is 6.78. The molecule has 5 nitrogen and oxygen atoms in total. The van der Waals surface area contributed by atoms with Gasteiger partial charge >= 0.3 is 5.97 Å². The lowest BCUT2D eigenvalue weighted by molar-refractivity contribution is 0.0655. The lowest BCUT2D eigenvalue weighted by Gasteiger charge is -2.35. The molecule has 0 aliphatic carbocycles. The van der Waals surface area contributed by atoms with Gasteiger partial charge in [-0.25, -0.2) is 4.79 Å². The Labute approximate surface area is 118 Å². The molecule has 1 fully saturated rings. The smallest absolute Gasteiger partial charge is 0.335 e. The zero-order chi connectivity index (χ0) is 14.7. The van der Waals surface area contributed by atoms with E-state index in [9.17, 15) is 9.59 Å². The summed E-state index contributed by atoms with van der Waals surface area (Å²) in [6, 6.07) is 6.36. The first kappa shape index (κ1) is 14.5. The third-order valence-electron chi connectivity index (χ3n) is 3.93. The van der Waals surface area contributed by atoms with Crippen LogP contribution in [0, 0.1) is 0 Å². The number of carboxylic acids is 1. The topological polar surface area (TPSA) is 60.9 Å². The predicted octanol–water partition coefficient (Wildman–Crippen LogP) is 1.55. The summed E-state index contributed by atoms with van der Waals surface area (Å²) < 4.78 is 0. The average molecular weight is 276 g/mol. The first-order valence-corrected chi connectivity index (χ1v) is 6.78. The van der Waals surface area contributed by atoms with Crippen LogP contribution in [-0.2, 0) is 0 Å². The third-order valence-corrected chi connectivity index (χ3v) is 3.93. The molecule has 1 amide bonds. The lowest BCUT2D eigenvalue weighted by Crippen LogP contribution is -2.44. The molecule has 1 heterocycles. The van der Waals surface area contributed by atoms with Gasteiger partial charge in [-0.1, -0.05) is 0 Å². The molecule has 20 heavy (non-hydrogen) atoms. The Hall–Kier alpha value is -1.88. The van der Waals surface area contributed by atoms with Crippen LogP contribution in [0.25, 0.3) is 0 Å². The van der Waals surface area contributed by atoms with Crippen LogP contribution in [0.2, 0.25) is 0 Å². The van der Waals surface area contributed by atoms with E-state index in [0.717, 1.165) is 25.9 Å². The van der Waals surface area contributed by atoms with Crippen LogP contribution in [0.5, 0.6) is 0 Å². The van der Waals surface area contributed by atoms with Gasteiger partial charge in [-0.15, -0.1) is 0 Å². The second-order valence-electron chi connectivity index (χ2n) is 5.33. The van der Waals surface area contributed by atoms with E-state index in [0.29, 0.717) is 5.56 Å². The second kappa shape index (κ2) is 6.05. The van der Waals surface area contributed by atoms with Gasteiger partial charge in [-0.3, -0.25) is 4.79 Å². The van der Waals surface area contributed by atoms with Gasteiger partial charge in [0.15, 0.2) is 0 Å². The number of aromatic carboxylic acids is 1. The lowest BCUT2D eigenvalue weighted by atomic mass is 10.0. The first-order chi connectivity index (χ1) is 9.49. The number of carbonyl (C=O) groups is 2. The fourth-order valence-electron chi connectivity index (χ4n) is 2.51. The Bertz CT molecular complexity index is 490. The highest BCUT2D eigenvalue weighted by molar-refractivity contribution is 5.95. The van der Waals surface area contributed by atoms with Crippen molar-refractivity contribution in [2.24, 2.45) is 0 Å². The molecular weight excluding hydrogens is 256 g/mol. The van der Waals surface area contributed by atoms with Gasteiger partial charge < -0.3 is 14.9 Å². The number of carbonyl (C=O) groups excluding carboxylic acids is 1. The van der Waals surface area contributed by atoms with Crippen molar-refractivity contribution in [3.63, 3.8) is 0 Å². The van der Waals surface area contributed by atoms with Gasteiger partial charge in [0.1, 0.15) is 0 Å². The molecule has 0 bridgehead atoms. The normalized spacial score (nSPS) is 16.9. The molecule has 0 saturated carbocycles. The standard InChI is InChI=1S/C15H20N2O3/c1-16-9-7-13(8-10-16)17(2)14(18)11-3-5-12(6-4-11)15(19)20/h3-6,13H,7-10H2,1-2H3,(H,19,20). The molecule has 0 atom stereocenters. The molecule has 1 aromatic rings. The van der Waals surface area contributed by atoms with E-state index in [4.69, 9.17) is 5.11 Å². The monoisotopic (exact) mass is 276 g/mol. The van der Waals surface area contributed by atoms with Gasteiger partial charge in [0.25, 0.3) is 5.91 Å². The van der Waals surface area contributed by atoms with E-state index in [1.54, 1.807) is 17.0 Å². The second-order valence-corrected chi connectivity index (χ2v) is 5.33. The summed E-state index contributed by atoms with van der Waals surface area (Å²) in [4.78, 5) is 27.2. The molecule has 0 radical (unpaired) electrons. The van der Waals surface area contributed by atoms with Crippen LogP contribution in [-0.4, -0.2) is 60.0 Å². The number of piperidine rings is 1. The van der Waals surface area contributed by atoms with Gasteiger partial charge in [0.05, 0.1) is 5.56 Å². The molecule has 1 aliphatic rings. The molecule has 1 aliphatic heterocycles. The highest BCUT2D eigenvalue weighted by atomic mass is 16.4.